The van der Waals surface area contributed by atoms with Gasteiger partial charge in [-0.05, 0) is 20.8 Å². The molecule has 0 unspecified atom stereocenters. The highest BCUT2D eigenvalue weighted by Gasteiger charge is 2.17. The first-order valence-corrected chi connectivity index (χ1v) is 5.34. The van der Waals surface area contributed by atoms with Crippen molar-refractivity contribution < 1.29 is 14.5 Å². The molecular formula is C10H20N3O2S+. The Morgan fingerprint density at radius 3 is 2.44 bits per heavy atom. The molecule has 0 aromatic carbocycles. The number of thiol groups is 1. The average molecular weight is 246 g/mol. The van der Waals surface area contributed by atoms with E-state index in [9.17, 15) is 4.79 Å². The number of hydrogen-bond donors (Lipinski definition) is 4. The third-order valence-electron chi connectivity index (χ3n) is 1.37. The Bertz CT molecular complexity index is 295. The quantitative estimate of drug-likeness (QED) is 0.175. The fraction of sp³-hybridized carbons (Fsp3) is 0.600. The van der Waals surface area contributed by atoms with E-state index in [1.54, 1.807) is 7.05 Å². The van der Waals surface area contributed by atoms with E-state index < -0.39 is 5.60 Å². The summed E-state index contributed by atoms with van der Waals surface area (Å²) in [6.45, 7) is 9.14. The molecule has 0 aromatic rings. The minimum absolute atomic E-state index is 0.106. The maximum absolute atomic E-state index is 11.4. The number of hydrazine groups is 1. The zero-order valence-corrected chi connectivity index (χ0v) is 11.1. The summed E-state index contributed by atoms with van der Waals surface area (Å²) < 4.78 is 5.13. The topological polar surface area (TPSA) is 64.3 Å². The van der Waals surface area contributed by atoms with Crippen LogP contribution in [0.5, 0.6) is 0 Å². The van der Waals surface area contributed by atoms with Crippen LogP contribution in [-0.4, -0.2) is 23.8 Å². The molecule has 0 heterocycles. The van der Waals surface area contributed by atoms with Crippen molar-refractivity contribution in [2.75, 3.05) is 7.05 Å². The van der Waals surface area contributed by atoms with Crippen molar-refractivity contribution in [2.24, 2.45) is 0 Å². The van der Waals surface area contributed by atoms with Crippen LogP contribution in [0.15, 0.2) is 12.3 Å². The Hall–Kier alpha value is -1.17. The first kappa shape index (κ1) is 14.8. The summed E-state index contributed by atoms with van der Waals surface area (Å²) in [5, 5.41) is 0.533. The molecular weight excluding hydrogens is 226 g/mol. The van der Waals surface area contributed by atoms with E-state index in [-0.39, 0.29) is 12.4 Å². The molecule has 0 rings (SSSR count). The van der Waals surface area contributed by atoms with Crippen LogP contribution in [0.3, 0.4) is 0 Å². The standard InChI is InChI=1S/C10H19N3O2S/c1-7(12-13-9(16)11-5)6-8(14)15-10(2,3)4/h12H,1,6H2,2-5H3,(H2,11,13,16)/p+1. The van der Waals surface area contributed by atoms with Gasteiger partial charge in [-0.3, -0.25) is 9.79 Å². The molecule has 0 aromatic heterocycles. The second-order valence-electron chi connectivity index (χ2n) is 4.22. The van der Waals surface area contributed by atoms with Crippen LogP contribution < -0.4 is 15.8 Å². The van der Waals surface area contributed by atoms with E-state index in [1.165, 1.54) is 0 Å². The van der Waals surface area contributed by atoms with Gasteiger partial charge in [0.1, 0.15) is 5.60 Å². The maximum Gasteiger partial charge on any atom is 0.324 e. The van der Waals surface area contributed by atoms with Gasteiger partial charge in [0, 0.05) is 0 Å². The lowest BCUT2D eigenvalue weighted by Gasteiger charge is -2.19. The summed E-state index contributed by atoms with van der Waals surface area (Å²) in [6, 6.07) is 0. The largest absolute Gasteiger partial charge is 0.460 e. The minimum Gasteiger partial charge on any atom is -0.460 e. The number of ether oxygens (including phenoxy) is 1. The molecule has 92 valence electrons. The number of amidine groups is 1. The van der Waals surface area contributed by atoms with E-state index in [1.807, 2.05) is 20.8 Å². The molecule has 0 aliphatic carbocycles. The number of carbonyl (C=O) groups is 1. The molecule has 3 N–H and O–H groups in total. The van der Waals surface area contributed by atoms with Crippen LogP contribution in [0.1, 0.15) is 27.2 Å². The van der Waals surface area contributed by atoms with Gasteiger partial charge in [0.2, 0.25) is 0 Å². The van der Waals surface area contributed by atoms with Crippen LogP contribution in [0.25, 0.3) is 0 Å². The van der Waals surface area contributed by atoms with Gasteiger partial charge >= 0.3 is 11.1 Å². The molecule has 0 fully saturated rings. The van der Waals surface area contributed by atoms with Crippen molar-refractivity contribution >= 4 is 23.8 Å². The number of nitrogens with one attached hydrogen (secondary N) is 3. The summed E-state index contributed by atoms with van der Waals surface area (Å²) in [5.41, 5.74) is 5.48. The van der Waals surface area contributed by atoms with Gasteiger partial charge in [-0.2, -0.15) is 5.43 Å². The Morgan fingerprint density at radius 1 is 1.44 bits per heavy atom. The number of hydrogen-bond acceptors (Lipinski definition) is 3. The van der Waals surface area contributed by atoms with Crippen molar-refractivity contribution in [3.63, 3.8) is 0 Å². The molecule has 0 radical (unpaired) electrons. The van der Waals surface area contributed by atoms with Crippen LogP contribution in [0.4, 0.5) is 0 Å². The number of carbonyl (C=O) groups excluding carboxylic acids is 1. The lowest BCUT2D eigenvalue weighted by atomic mass is 10.2. The Balaban J connectivity index is 3.93. The van der Waals surface area contributed by atoms with Crippen LogP contribution >= 0.6 is 12.6 Å². The Labute approximate surface area is 102 Å². The summed E-state index contributed by atoms with van der Waals surface area (Å²) in [7, 11) is 1.72. The SMILES string of the molecule is C=C(CC(=O)OC(C)(C)C)NNC(S)=[NH+]C. The van der Waals surface area contributed by atoms with E-state index in [0.29, 0.717) is 10.9 Å². The van der Waals surface area contributed by atoms with Crippen molar-refractivity contribution in [3.05, 3.63) is 12.3 Å². The second kappa shape index (κ2) is 6.42. The number of esters is 1. The van der Waals surface area contributed by atoms with Crippen LogP contribution in [0.2, 0.25) is 0 Å². The molecule has 6 heteroatoms. The van der Waals surface area contributed by atoms with Gasteiger partial charge in [0.25, 0.3) is 0 Å². The van der Waals surface area contributed by atoms with Crippen molar-refractivity contribution in [3.8, 4) is 0 Å². The smallest absolute Gasteiger partial charge is 0.324 e. The molecule has 0 saturated heterocycles. The fourth-order valence-electron chi connectivity index (χ4n) is 0.806. The van der Waals surface area contributed by atoms with Gasteiger partial charge in [0.15, 0.2) is 0 Å². The van der Waals surface area contributed by atoms with Gasteiger partial charge in [0.05, 0.1) is 19.2 Å². The highest BCUT2D eigenvalue weighted by atomic mass is 32.1. The molecule has 16 heavy (non-hydrogen) atoms. The molecule has 0 bridgehead atoms. The Morgan fingerprint density at radius 2 is 2.00 bits per heavy atom. The summed E-state index contributed by atoms with van der Waals surface area (Å²) in [4.78, 5) is 14.2. The minimum atomic E-state index is -0.476. The van der Waals surface area contributed by atoms with E-state index >= 15 is 0 Å². The lowest BCUT2D eigenvalue weighted by molar-refractivity contribution is -0.418. The van der Waals surface area contributed by atoms with Crippen molar-refractivity contribution in [1.82, 2.24) is 10.9 Å². The van der Waals surface area contributed by atoms with Crippen LogP contribution in [0, 0.1) is 0 Å². The monoisotopic (exact) mass is 246 g/mol. The third kappa shape index (κ3) is 8.16. The predicted molar refractivity (Wildman–Crippen MR) is 66.8 cm³/mol. The Kier molecular flexibility index (Phi) is 5.95. The predicted octanol–water partition coefficient (Wildman–Crippen LogP) is -0.678. The highest BCUT2D eigenvalue weighted by Crippen LogP contribution is 2.09. The number of rotatable bonds is 4. The zero-order chi connectivity index (χ0) is 12.8. The van der Waals surface area contributed by atoms with E-state index in [0.717, 1.165) is 0 Å². The summed E-state index contributed by atoms with van der Waals surface area (Å²) in [6.07, 6.45) is 0.106. The van der Waals surface area contributed by atoms with Gasteiger partial charge in [-0.25, -0.2) is 5.43 Å². The molecule has 0 saturated carbocycles. The van der Waals surface area contributed by atoms with Gasteiger partial charge in [-0.15, -0.1) is 0 Å². The zero-order valence-electron chi connectivity index (χ0n) is 10.2. The lowest BCUT2D eigenvalue weighted by Crippen LogP contribution is -2.71. The third-order valence-corrected chi connectivity index (χ3v) is 1.71. The summed E-state index contributed by atoms with van der Waals surface area (Å²) >= 11 is 4.04. The normalized spacial score (nSPS) is 11.9. The first-order valence-electron chi connectivity index (χ1n) is 4.90. The fourth-order valence-corrected chi connectivity index (χ4v) is 0.862. The first-order chi connectivity index (χ1) is 7.24. The van der Waals surface area contributed by atoms with E-state index in [4.69, 9.17) is 4.74 Å². The average Bonchev–Trinajstić information content (AvgIpc) is 2.10. The second-order valence-corrected chi connectivity index (χ2v) is 4.66. The molecule has 0 amide bonds. The van der Waals surface area contributed by atoms with Crippen molar-refractivity contribution in [1.29, 1.82) is 0 Å². The molecule has 0 aliphatic rings. The molecule has 0 spiro atoms. The maximum atomic E-state index is 11.4. The molecule has 5 nitrogen and oxygen atoms in total. The van der Waals surface area contributed by atoms with Gasteiger partial charge in [-0.1, -0.05) is 19.2 Å². The van der Waals surface area contributed by atoms with E-state index in [2.05, 4.69) is 35.1 Å². The van der Waals surface area contributed by atoms with Crippen LogP contribution in [-0.2, 0) is 9.53 Å². The highest BCUT2D eigenvalue weighted by molar-refractivity contribution is 7.96. The molecule has 0 atom stereocenters. The van der Waals surface area contributed by atoms with Gasteiger partial charge < -0.3 is 4.74 Å². The van der Waals surface area contributed by atoms with Crippen molar-refractivity contribution in [2.45, 2.75) is 32.8 Å². The molecule has 0 aliphatic heterocycles. The summed E-state index contributed by atoms with van der Waals surface area (Å²) in [5.74, 6) is -0.322.